The highest BCUT2D eigenvalue weighted by Gasteiger charge is 2.12. The summed E-state index contributed by atoms with van der Waals surface area (Å²) in [5.41, 5.74) is 4.28. The van der Waals surface area contributed by atoms with Crippen LogP contribution in [0.4, 0.5) is 0 Å². The van der Waals surface area contributed by atoms with E-state index in [9.17, 15) is 4.79 Å². The Hall–Kier alpha value is -1.61. The zero-order chi connectivity index (χ0) is 19.1. The molecule has 0 radical (unpaired) electrons. The van der Waals surface area contributed by atoms with Gasteiger partial charge >= 0.3 is 0 Å². The highest BCUT2D eigenvalue weighted by molar-refractivity contribution is 14.1. The molecule has 26 heavy (non-hydrogen) atoms. The van der Waals surface area contributed by atoms with E-state index >= 15 is 0 Å². The largest absolute Gasteiger partial charge is 0.493 e. The Bertz CT molecular complexity index is 792. The summed E-state index contributed by atoms with van der Waals surface area (Å²) >= 11 is 5.56. The molecule has 0 bridgehead atoms. The summed E-state index contributed by atoms with van der Waals surface area (Å²) in [7, 11) is 1.60. The Morgan fingerprint density at radius 2 is 2.00 bits per heavy atom. The number of benzene rings is 2. The lowest BCUT2D eigenvalue weighted by molar-refractivity contribution is -0.120. The van der Waals surface area contributed by atoms with Gasteiger partial charge in [-0.05, 0) is 71.8 Å². The summed E-state index contributed by atoms with van der Waals surface area (Å²) in [5.74, 6) is 1.16. The second kappa shape index (κ2) is 9.91. The van der Waals surface area contributed by atoms with Crippen LogP contribution in [0.3, 0.4) is 0 Å². The zero-order valence-corrected chi connectivity index (χ0v) is 18.5. The first kappa shape index (κ1) is 20.7. The predicted octanol–water partition coefficient (Wildman–Crippen LogP) is 4.54. The fourth-order valence-corrected chi connectivity index (χ4v) is 3.19. The lowest BCUT2D eigenvalue weighted by atomic mass is 10.1. The molecule has 0 aromatic heterocycles. The van der Waals surface area contributed by atoms with Gasteiger partial charge in [0.1, 0.15) is 0 Å². The summed E-state index contributed by atoms with van der Waals surface area (Å²) in [5, 5.41) is 4.03. The van der Waals surface area contributed by atoms with Crippen molar-refractivity contribution >= 4 is 50.6 Å². The third-order valence-electron chi connectivity index (χ3n) is 3.29. The van der Waals surface area contributed by atoms with E-state index in [-0.39, 0.29) is 18.4 Å². The second-order valence-corrected chi connectivity index (χ2v) is 7.88. The number of methoxy groups -OCH3 is 1. The molecule has 0 saturated carbocycles. The quantitative estimate of drug-likeness (QED) is 0.325. The molecule has 7 heteroatoms. The number of carbonyl (C=O) groups excluding carboxylic acids is 1. The molecular weight excluding hydrogens is 511 g/mol. The van der Waals surface area contributed by atoms with E-state index in [2.05, 4.69) is 49.0 Å². The molecule has 0 aliphatic heterocycles. The Balaban J connectivity index is 2.02. The fraction of sp³-hybridized carbons (Fsp3) is 0.263. The van der Waals surface area contributed by atoms with Gasteiger partial charge in [0.05, 0.1) is 29.4 Å². The Morgan fingerprint density at radius 3 is 2.62 bits per heavy atom. The van der Waals surface area contributed by atoms with Crippen molar-refractivity contribution in [3.05, 3.63) is 55.6 Å². The number of amides is 1. The molecule has 2 aromatic rings. The second-order valence-electron chi connectivity index (χ2n) is 5.80. The molecule has 0 saturated heterocycles. The number of carbonyl (C=O) groups is 1. The van der Waals surface area contributed by atoms with Crippen LogP contribution in [0.2, 0.25) is 0 Å². The van der Waals surface area contributed by atoms with Gasteiger partial charge in [0, 0.05) is 4.47 Å². The highest BCUT2D eigenvalue weighted by Crippen LogP contribution is 2.34. The van der Waals surface area contributed by atoms with Crippen LogP contribution in [-0.2, 0) is 11.2 Å². The van der Waals surface area contributed by atoms with E-state index in [1.165, 1.54) is 0 Å². The molecule has 0 unspecified atom stereocenters. The van der Waals surface area contributed by atoms with E-state index in [0.29, 0.717) is 11.5 Å². The number of hydrogen-bond acceptors (Lipinski definition) is 4. The maximum absolute atomic E-state index is 12.0. The van der Waals surface area contributed by atoms with Crippen LogP contribution in [0, 0.1) is 3.57 Å². The minimum atomic E-state index is -0.176. The monoisotopic (exact) mass is 530 g/mol. The van der Waals surface area contributed by atoms with Crippen molar-refractivity contribution in [2.75, 3.05) is 7.11 Å². The number of nitrogens with one attached hydrogen (secondary N) is 1. The van der Waals surface area contributed by atoms with Crippen molar-refractivity contribution in [1.82, 2.24) is 5.43 Å². The molecule has 0 spiro atoms. The lowest BCUT2D eigenvalue weighted by Crippen LogP contribution is -2.19. The van der Waals surface area contributed by atoms with Crippen molar-refractivity contribution in [3.63, 3.8) is 0 Å². The van der Waals surface area contributed by atoms with Gasteiger partial charge < -0.3 is 9.47 Å². The van der Waals surface area contributed by atoms with E-state index < -0.39 is 0 Å². The van der Waals surface area contributed by atoms with Gasteiger partial charge in [-0.3, -0.25) is 4.79 Å². The zero-order valence-electron chi connectivity index (χ0n) is 14.8. The standard InChI is InChI=1S/C19H20BrIN2O3/c1-12(2)26-19-16(21)8-14(9-17(19)25-3)11-22-23-18(24)10-13-4-6-15(20)7-5-13/h4-9,11-12H,10H2,1-3H3,(H,23,24)/b22-11-. The predicted molar refractivity (Wildman–Crippen MR) is 115 cm³/mol. The number of hydrazone groups is 1. The molecule has 0 aliphatic carbocycles. The molecule has 0 aliphatic rings. The van der Waals surface area contributed by atoms with Gasteiger partial charge in [-0.1, -0.05) is 28.1 Å². The van der Waals surface area contributed by atoms with Crippen molar-refractivity contribution in [3.8, 4) is 11.5 Å². The fourth-order valence-electron chi connectivity index (χ4n) is 2.17. The molecule has 2 rings (SSSR count). The van der Waals surface area contributed by atoms with Gasteiger partial charge in [-0.25, -0.2) is 5.43 Å². The van der Waals surface area contributed by atoms with Crippen molar-refractivity contribution in [2.24, 2.45) is 5.10 Å². The van der Waals surface area contributed by atoms with Gasteiger partial charge in [0.25, 0.3) is 0 Å². The first-order valence-electron chi connectivity index (χ1n) is 7.99. The maximum atomic E-state index is 12.0. The van der Waals surface area contributed by atoms with Gasteiger partial charge in [-0.15, -0.1) is 0 Å². The van der Waals surface area contributed by atoms with E-state index in [1.54, 1.807) is 13.3 Å². The summed E-state index contributed by atoms with van der Waals surface area (Å²) in [4.78, 5) is 12.0. The Kier molecular flexibility index (Phi) is 7.89. The average molecular weight is 531 g/mol. The molecule has 138 valence electrons. The number of hydrogen-bond donors (Lipinski definition) is 1. The summed E-state index contributed by atoms with van der Waals surface area (Å²) in [6, 6.07) is 11.3. The number of nitrogens with zero attached hydrogens (tertiary/aromatic N) is 1. The number of ether oxygens (including phenoxy) is 2. The summed E-state index contributed by atoms with van der Waals surface area (Å²) in [6.07, 6.45) is 1.91. The molecular formula is C19H20BrIN2O3. The lowest BCUT2D eigenvalue weighted by Gasteiger charge is -2.15. The van der Waals surface area contributed by atoms with Gasteiger partial charge in [0.2, 0.25) is 5.91 Å². The molecule has 1 amide bonds. The third-order valence-corrected chi connectivity index (χ3v) is 4.62. The van der Waals surface area contributed by atoms with Crippen LogP contribution in [0.1, 0.15) is 25.0 Å². The highest BCUT2D eigenvalue weighted by atomic mass is 127. The Labute approximate surface area is 175 Å². The van der Waals surface area contributed by atoms with E-state index in [1.807, 2.05) is 50.2 Å². The van der Waals surface area contributed by atoms with Crippen molar-refractivity contribution in [1.29, 1.82) is 0 Å². The summed E-state index contributed by atoms with van der Waals surface area (Å²) < 4.78 is 13.1. The number of rotatable bonds is 7. The minimum absolute atomic E-state index is 0.0508. The SMILES string of the molecule is COc1cc(/C=N\NC(=O)Cc2ccc(Br)cc2)cc(I)c1OC(C)C. The van der Waals surface area contributed by atoms with Crippen LogP contribution in [-0.4, -0.2) is 25.3 Å². The van der Waals surface area contributed by atoms with Crippen LogP contribution < -0.4 is 14.9 Å². The smallest absolute Gasteiger partial charge is 0.244 e. The molecule has 1 N–H and O–H groups in total. The normalized spacial score (nSPS) is 11.0. The summed E-state index contributed by atoms with van der Waals surface area (Å²) in [6.45, 7) is 3.93. The third kappa shape index (κ3) is 6.28. The van der Waals surface area contributed by atoms with E-state index in [0.717, 1.165) is 19.2 Å². The first-order valence-corrected chi connectivity index (χ1v) is 9.86. The van der Waals surface area contributed by atoms with Gasteiger partial charge in [0.15, 0.2) is 11.5 Å². The average Bonchev–Trinajstić information content (AvgIpc) is 2.58. The van der Waals surface area contributed by atoms with Crippen LogP contribution in [0.15, 0.2) is 46.0 Å². The van der Waals surface area contributed by atoms with E-state index in [4.69, 9.17) is 9.47 Å². The van der Waals surface area contributed by atoms with Crippen molar-refractivity contribution in [2.45, 2.75) is 26.4 Å². The number of halogens is 2. The minimum Gasteiger partial charge on any atom is -0.493 e. The van der Waals surface area contributed by atoms with Crippen LogP contribution >= 0.6 is 38.5 Å². The topological polar surface area (TPSA) is 59.9 Å². The molecule has 0 fully saturated rings. The maximum Gasteiger partial charge on any atom is 0.244 e. The first-order chi connectivity index (χ1) is 12.4. The van der Waals surface area contributed by atoms with Crippen LogP contribution in [0.5, 0.6) is 11.5 Å². The van der Waals surface area contributed by atoms with Crippen LogP contribution in [0.25, 0.3) is 0 Å². The molecule has 5 nitrogen and oxygen atoms in total. The van der Waals surface area contributed by atoms with Crippen molar-refractivity contribution < 1.29 is 14.3 Å². The molecule has 0 atom stereocenters. The Morgan fingerprint density at radius 1 is 1.31 bits per heavy atom. The molecule has 0 heterocycles. The van der Waals surface area contributed by atoms with Gasteiger partial charge in [-0.2, -0.15) is 5.10 Å². The molecule has 2 aromatic carbocycles.